The molecular weight excluding hydrogens is 452 g/mol. The Kier molecular flexibility index (Phi) is 6.72. The van der Waals surface area contributed by atoms with Crippen LogP contribution in [-0.2, 0) is 9.53 Å². The number of carboxylic acid groups (broad SMARTS) is 1. The SMILES string of the molecule is O=C(O)COCCCOc1cc(Br)ccc1-c1cc(=O)c2cccc(Cl)c2o1. The minimum absolute atomic E-state index is 0.199. The summed E-state index contributed by atoms with van der Waals surface area (Å²) >= 11 is 9.58. The average molecular weight is 468 g/mol. The number of halogens is 2. The molecule has 0 amide bonds. The Balaban J connectivity index is 1.84. The van der Waals surface area contributed by atoms with Crippen molar-refractivity contribution in [3.05, 3.63) is 62.2 Å². The van der Waals surface area contributed by atoms with Gasteiger partial charge in [-0.1, -0.05) is 33.6 Å². The van der Waals surface area contributed by atoms with Crippen LogP contribution in [-0.4, -0.2) is 30.9 Å². The maximum atomic E-state index is 12.5. The van der Waals surface area contributed by atoms with Crippen molar-refractivity contribution in [3.8, 4) is 17.1 Å². The summed E-state index contributed by atoms with van der Waals surface area (Å²) in [6.07, 6.45) is 0.507. The lowest BCUT2D eigenvalue weighted by atomic mass is 10.1. The molecule has 0 radical (unpaired) electrons. The largest absolute Gasteiger partial charge is 0.493 e. The Morgan fingerprint density at radius 3 is 2.79 bits per heavy atom. The van der Waals surface area contributed by atoms with Crippen LogP contribution in [0.1, 0.15) is 6.42 Å². The fourth-order valence-electron chi connectivity index (χ4n) is 2.60. The van der Waals surface area contributed by atoms with E-state index in [1.165, 1.54) is 6.07 Å². The highest BCUT2D eigenvalue weighted by Crippen LogP contribution is 2.34. The van der Waals surface area contributed by atoms with Crippen LogP contribution < -0.4 is 10.2 Å². The fraction of sp³-hybridized carbons (Fsp3) is 0.200. The molecule has 0 saturated heterocycles. The lowest BCUT2D eigenvalue weighted by Crippen LogP contribution is -2.10. The minimum atomic E-state index is -1.01. The van der Waals surface area contributed by atoms with Gasteiger partial charge in [-0.2, -0.15) is 0 Å². The van der Waals surface area contributed by atoms with Gasteiger partial charge in [0.25, 0.3) is 0 Å². The number of benzene rings is 2. The third kappa shape index (κ3) is 4.92. The molecule has 8 heteroatoms. The normalized spacial score (nSPS) is 10.9. The summed E-state index contributed by atoms with van der Waals surface area (Å²) in [4.78, 5) is 22.9. The van der Waals surface area contributed by atoms with E-state index in [4.69, 9.17) is 30.6 Å². The summed E-state index contributed by atoms with van der Waals surface area (Å²) in [5.74, 6) is -0.155. The Labute approximate surface area is 173 Å². The second kappa shape index (κ2) is 9.23. The highest BCUT2D eigenvalue weighted by atomic mass is 79.9. The molecule has 0 aliphatic rings. The summed E-state index contributed by atoms with van der Waals surface area (Å²) in [7, 11) is 0. The molecule has 0 aliphatic heterocycles. The molecule has 0 spiro atoms. The predicted molar refractivity (Wildman–Crippen MR) is 109 cm³/mol. The van der Waals surface area contributed by atoms with Crippen molar-refractivity contribution in [2.75, 3.05) is 19.8 Å². The fourth-order valence-corrected chi connectivity index (χ4v) is 3.15. The van der Waals surface area contributed by atoms with Gasteiger partial charge in [-0.3, -0.25) is 4.79 Å². The molecule has 1 heterocycles. The second-order valence-electron chi connectivity index (χ2n) is 5.88. The van der Waals surface area contributed by atoms with E-state index in [2.05, 4.69) is 15.9 Å². The van der Waals surface area contributed by atoms with E-state index in [-0.39, 0.29) is 18.6 Å². The van der Waals surface area contributed by atoms with E-state index < -0.39 is 5.97 Å². The van der Waals surface area contributed by atoms with Crippen molar-refractivity contribution in [2.45, 2.75) is 6.42 Å². The number of rotatable bonds is 8. The van der Waals surface area contributed by atoms with Crippen LogP contribution in [0.15, 0.2) is 56.1 Å². The number of hydrogen-bond donors (Lipinski definition) is 1. The van der Waals surface area contributed by atoms with Crippen LogP contribution in [0, 0.1) is 0 Å². The molecule has 3 rings (SSSR count). The second-order valence-corrected chi connectivity index (χ2v) is 7.20. The topological polar surface area (TPSA) is 86.0 Å². The van der Waals surface area contributed by atoms with Gasteiger partial charge in [-0.15, -0.1) is 0 Å². The van der Waals surface area contributed by atoms with Crippen molar-refractivity contribution in [1.82, 2.24) is 0 Å². The summed E-state index contributed by atoms with van der Waals surface area (Å²) in [5, 5.41) is 9.31. The molecule has 3 aromatic rings. The average Bonchev–Trinajstić information content (AvgIpc) is 2.65. The van der Waals surface area contributed by atoms with Crippen LogP contribution in [0.3, 0.4) is 0 Å². The smallest absolute Gasteiger partial charge is 0.329 e. The molecule has 0 bridgehead atoms. The maximum Gasteiger partial charge on any atom is 0.329 e. The molecule has 0 saturated carbocycles. The maximum absolute atomic E-state index is 12.5. The molecule has 1 aromatic heterocycles. The lowest BCUT2D eigenvalue weighted by Gasteiger charge is -2.12. The van der Waals surface area contributed by atoms with Crippen LogP contribution in [0.25, 0.3) is 22.3 Å². The van der Waals surface area contributed by atoms with Crippen molar-refractivity contribution < 1.29 is 23.8 Å². The molecule has 2 aromatic carbocycles. The Morgan fingerprint density at radius 2 is 2.00 bits per heavy atom. The quantitative estimate of drug-likeness (QED) is 0.481. The molecule has 1 N–H and O–H groups in total. The molecule has 0 atom stereocenters. The number of carbonyl (C=O) groups is 1. The van der Waals surface area contributed by atoms with Crippen LogP contribution >= 0.6 is 27.5 Å². The monoisotopic (exact) mass is 466 g/mol. The van der Waals surface area contributed by atoms with E-state index in [9.17, 15) is 9.59 Å². The molecule has 6 nitrogen and oxygen atoms in total. The number of hydrogen-bond acceptors (Lipinski definition) is 5. The first-order chi connectivity index (χ1) is 13.5. The Hall–Kier alpha value is -2.35. The zero-order valence-electron chi connectivity index (χ0n) is 14.6. The highest BCUT2D eigenvalue weighted by molar-refractivity contribution is 9.10. The molecular formula is C20H16BrClO6. The van der Waals surface area contributed by atoms with Gasteiger partial charge in [0.05, 0.1) is 29.2 Å². The van der Waals surface area contributed by atoms with Gasteiger partial charge in [-0.05, 0) is 30.3 Å². The molecule has 28 heavy (non-hydrogen) atoms. The van der Waals surface area contributed by atoms with E-state index >= 15 is 0 Å². The third-order valence-electron chi connectivity index (χ3n) is 3.83. The lowest BCUT2D eigenvalue weighted by molar-refractivity contribution is -0.142. The summed E-state index contributed by atoms with van der Waals surface area (Å²) in [5.41, 5.74) is 0.728. The van der Waals surface area contributed by atoms with Crippen molar-refractivity contribution in [1.29, 1.82) is 0 Å². The number of ether oxygens (including phenoxy) is 2. The first kappa shape index (κ1) is 20.4. The molecule has 0 aliphatic carbocycles. The highest BCUT2D eigenvalue weighted by Gasteiger charge is 2.14. The van der Waals surface area contributed by atoms with E-state index in [1.807, 2.05) is 6.07 Å². The molecule has 0 unspecified atom stereocenters. The van der Waals surface area contributed by atoms with Crippen molar-refractivity contribution >= 4 is 44.5 Å². The van der Waals surface area contributed by atoms with Crippen molar-refractivity contribution in [2.24, 2.45) is 0 Å². The number of carboxylic acids is 1. The first-order valence-electron chi connectivity index (χ1n) is 8.40. The van der Waals surface area contributed by atoms with Gasteiger partial charge in [0.1, 0.15) is 18.1 Å². The van der Waals surface area contributed by atoms with Crippen LogP contribution in [0.2, 0.25) is 5.02 Å². The van der Waals surface area contributed by atoms with E-state index in [0.29, 0.717) is 46.1 Å². The van der Waals surface area contributed by atoms with Gasteiger partial charge in [0.15, 0.2) is 11.0 Å². The van der Waals surface area contributed by atoms with Gasteiger partial charge < -0.3 is 19.0 Å². The standard InChI is InChI=1S/C20H16BrClO6/c21-12-5-6-14(17(9-12)27-8-2-7-26-11-19(24)25)18-10-16(23)13-3-1-4-15(22)20(13)28-18/h1,3-6,9-10H,2,7-8,11H2,(H,24,25). The minimum Gasteiger partial charge on any atom is -0.493 e. The van der Waals surface area contributed by atoms with Gasteiger partial charge >= 0.3 is 5.97 Å². The number of fused-ring (bicyclic) bond motifs is 1. The van der Waals surface area contributed by atoms with Crippen LogP contribution in [0.5, 0.6) is 5.75 Å². The van der Waals surface area contributed by atoms with Gasteiger partial charge in [0.2, 0.25) is 0 Å². The zero-order chi connectivity index (χ0) is 20.1. The van der Waals surface area contributed by atoms with Gasteiger partial charge in [0, 0.05) is 17.0 Å². The molecule has 0 fully saturated rings. The van der Waals surface area contributed by atoms with E-state index in [1.54, 1.807) is 30.3 Å². The van der Waals surface area contributed by atoms with Crippen LogP contribution in [0.4, 0.5) is 0 Å². The Bertz CT molecular complexity index is 1060. The summed E-state index contributed by atoms with van der Waals surface area (Å²) in [6.45, 7) is 0.225. The first-order valence-corrected chi connectivity index (χ1v) is 9.57. The van der Waals surface area contributed by atoms with E-state index in [0.717, 1.165) is 4.47 Å². The zero-order valence-corrected chi connectivity index (χ0v) is 17.0. The Morgan fingerprint density at radius 1 is 1.18 bits per heavy atom. The predicted octanol–water partition coefficient (Wildman–Crippen LogP) is 4.75. The number of para-hydroxylation sites is 1. The number of aliphatic carboxylic acids is 1. The molecule has 146 valence electrons. The van der Waals surface area contributed by atoms with Gasteiger partial charge in [-0.25, -0.2) is 4.79 Å². The summed E-state index contributed by atoms with van der Waals surface area (Å²) in [6, 6.07) is 11.8. The third-order valence-corrected chi connectivity index (χ3v) is 4.62. The van der Waals surface area contributed by atoms with Crippen molar-refractivity contribution in [3.63, 3.8) is 0 Å². The summed E-state index contributed by atoms with van der Waals surface area (Å²) < 4.78 is 17.5.